The largest absolute Gasteiger partial charge is 0.302 e. The Morgan fingerprint density at radius 1 is 0.292 bits per heavy atom. The van der Waals surface area contributed by atoms with Gasteiger partial charge in [0.15, 0.2) is 0 Å². The summed E-state index contributed by atoms with van der Waals surface area (Å²) in [5.41, 5.74) is 13.2. The average Bonchev–Trinajstić information content (AvgIpc) is 3.66. The first kappa shape index (κ1) is 29.4. The Balaban J connectivity index is 1.23. The van der Waals surface area contributed by atoms with Crippen LogP contribution in [-0.4, -0.2) is 0 Å². The van der Waals surface area contributed by atoms with Crippen molar-refractivity contribution >= 4 is 27.7 Å². The second-order valence-electron chi connectivity index (χ2n) is 11.8. The molecule has 0 aliphatic rings. The lowest BCUT2D eigenvalue weighted by Gasteiger charge is -2.24. The number of nitrogens with zero attached hydrogens (tertiary/aromatic N) is 1. The summed E-state index contributed by atoms with van der Waals surface area (Å²) in [7, 11) is 0. The van der Waals surface area contributed by atoms with Crippen LogP contribution in [0.15, 0.2) is 200 Å². The van der Waals surface area contributed by atoms with Crippen LogP contribution in [0.2, 0.25) is 0 Å². The van der Waals surface area contributed by atoms with Crippen LogP contribution >= 0.6 is 11.3 Å². The van der Waals surface area contributed by atoms with Crippen molar-refractivity contribution in [3.05, 3.63) is 200 Å². The lowest BCUT2D eigenvalue weighted by atomic mass is 9.94. The zero-order valence-electron chi connectivity index (χ0n) is 26.4. The first-order valence-electron chi connectivity index (χ1n) is 16.3. The van der Waals surface area contributed by atoms with E-state index in [1.54, 1.807) is 0 Å². The van der Waals surface area contributed by atoms with Crippen molar-refractivity contribution < 1.29 is 0 Å². The fraction of sp³-hybridized carbons (Fsp3) is 0. The van der Waals surface area contributed by atoms with Gasteiger partial charge in [0.2, 0.25) is 0 Å². The maximum Gasteiger partial charge on any atom is 0.101 e. The maximum absolute atomic E-state index is 2.38. The molecule has 0 fully saturated rings. The van der Waals surface area contributed by atoms with Gasteiger partial charge in [0.25, 0.3) is 0 Å². The van der Waals surface area contributed by atoms with Gasteiger partial charge in [-0.2, -0.15) is 0 Å². The van der Waals surface area contributed by atoms with Gasteiger partial charge in [-0.15, -0.1) is 11.3 Å². The molecule has 0 radical (unpaired) electrons. The van der Waals surface area contributed by atoms with E-state index < -0.39 is 0 Å². The molecule has 0 saturated heterocycles. The van der Waals surface area contributed by atoms with Crippen LogP contribution in [0.3, 0.4) is 0 Å². The molecule has 0 bridgehead atoms. The lowest BCUT2D eigenvalue weighted by Crippen LogP contribution is -2.08. The number of hydrogen-bond acceptors (Lipinski definition) is 2. The highest BCUT2D eigenvalue weighted by molar-refractivity contribution is 7.19. The highest BCUT2D eigenvalue weighted by atomic mass is 32.1. The molecular weight excluding hydrogens is 599 g/mol. The summed E-state index contributed by atoms with van der Waals surface area (Å²) in [5.74, 6) is 0. The first-order valence-corrected chi connectivity index (χ1v) is 17.1. The van der Waals surface area contributed by atoms with E-state index in [-0.39, 0.29) is 0 Å². The molecule has 0 aliphatic heterocycles. The quantitative estimate of drug-likeness (QED) is 0.161. The molecule has 228 valence electrons. The average molecular weight is 632 g/mol. The van der Waals surface area contributed by atoms with Gasteiger partial charge in [-0.25, -0.2) is 0 Å². The third kappa shape index (κ3) is 6.10. The minimum absolute atomic E-state index is 1.12. The molecule has 1 aromatic heterocycles. The normalized spacial score (nSPS) is 10.9. The van der Waals surface area contributed by atoms with E-state index in [0.29, 0.717) is 0 Å². The Morgan fingerprint density at radius 3 is 1.17 bits per heavy atom. The Bertz CT molecular complexity index is 2160. The van der Waals surface area contributed by atoms with Gasteiger partial charge in [-0.3, -0.25) is 0 Å². The standard InChI is InChI=1S/C46H33NS/c1-5-13-34(14-6-1)37-21-26-41(27-22-37)47(42-28-23-38(24-29-42)35-15-7-2-8-16-35)46-32-31-45(48-46)44-33-40(36-17-9-3-10-18-36)25-30-43(44)39-19-11-4-12-20-39/h1-33H. The number of hydrogen-bond donors (Lipinski definition) is 0. The third-order valence-electron chi connectivity index (χ3n) is 8.75. The maximum atomic E-state index is 2.38. The molecular formula is C46H33NS. The molecule has 0 amide bonds. The summed E-state index contributed by atoms with van der Waals surface area (Å²) >= 11 is 1.82. The van der Waals surface area contributed by atoms with Crippen LogP contribution in [-0.2, 0) is 0 Å². The van der Waals surface area contributed by atoms with Crippen molar-refractivity contribution in [1.29, 1.82) is 0 Å². The van der Waals surface area contributed by atoms with Crippen molar-refractivity contribution in [2.45, 2.75) is 0 Å². The zero-order chi connectivity index (χ0) is 32.1. The second kappa shape index (κ2) is 13.4. The summed E-state index contributed by atoms with van der Waals surface area (Å²) in [6.07, 6.45) is 0. The molecule has 8 aromatic rings. The van der Waals surface area contributed by atoms with Gasteiger partial charge >= 0.3 is 0 Å². The second-order valence-corrected chi connectivity index (χ2v) is 12.9. The number of rotatable bonds is 8. The molecule has 8 rings (SSSR count). The highest BCUT2D eigenvalue weighted by Gasteiger charge is 2.18. The van der Waals surface area contributed by atoms with Crippen LogP contribution in [0, 0.1) is 0 Å². The minimum Gasteiger partial charge on any atom is -0.302 e. The van der Waals surface area contributed by atoms with E-state index in [2.05, 4.69) is 205 Å². The summed E-state index contributed by atoms with van der Waals surface area (Å²) in [5, 5.41) is 1.16. The summed E-state index contributed by atoms with van der Waals surface area (Å²) < 4.78 is 0. The monoisotopic (exact) mass is 631 g/mol. The predicted octanol–water partition coefficient (Wildman–Crippen LogP) is 13.6. The molecule has 0 unspecified atom stereocenters. The van der Waals surface area contributed by atoms with E-state index in [1.165, 1.54) is 54.9 Å². The van der Waals surface area contributed by atoms with Gasteiger partial charge in [0, 0.05) is 21.8 Å². The van der Waals surface area contributed by atoms with Crippen LogP contribution in [0.5, 0.6) is 0 Å². The summed E-state index contributed by atoms with van der Waals surface area (Å²) in [6.45, 7) is 0. The van der Waals surface area contributed by atoms with Gasteiger partial charge in [0.05, 0.1) is 0 Å². The minimum atomic E-state index is 1.12. The van der Waals surface area contributed by atoms with Crippen LogP contribution < -0.4 is 4.90 Å². The van der Waals surface area contributed by atoms with Crippen LogP contribution in [0.1, 0.15) is 0 Å². The zero-order valence-corrected chi connectivity index (χ0v) is 27.2. The molecule has 7 aromatic carbocycles. The molecule has 0 spiro atoms. The topological polar surface area (TPSA) is 3.24 Å². The Kier molecular flexibility index (Phi) is 8.23. The van der Waals surface area contributed by atoms with Crippen molar-refractivity contribution in [3.8, 4) is 54.9 Å². The van der Waals surface area contributed by atoms with Gasteiger partial charge < -0.3 is 4.90 Å². The fourth-order valence-electron chi connectivity index (χ4n) is 6.29. The predicted molar refractivity (Wildman–Crippen MR) is 206 cm³/mol. The highest BCUT2D eigenvalue weighted by Crippen LogP contribution is 2.45. The van der Waals surface area contributed by atoms with E-state index >= 15 is 0 Å². The SMILES string of the molecule is c1ccc(-c2ccc(N(c3ccc(-c4ccccc4)cc3)c3ccc(-c4cc(-c5ccccc5)ccc4-c4ccccc4)s3)cc2)cc1. The summed E-state index contributed by atoms with van der Waals surface area (Å²) in [4.78, 5) is 3.61. The number of thiophene rings is 1. The van der Waals surface area contributed by atoms with Gasteiger partial charge in [-0.05, 0) is 87.0 Å². The molecule has 1 heterocycles. The van der Waals surface area contributed by atoms with Gasteiger partial charge in [-0.1, -0.05) is 158 Å². The molecule has 1 nitrogen and oxygen atoms in total. The van der Waals surface area contributed by atoms with Gasteiger partial charge in [0.1, 0.15) is 5.00 Å². The van der Waals surface area contributed by atoms with Crippen molar-refractivity contribution in [3.63, 3.8) is 0 Å². The Labute approximate surface area is 286 Å². The van der Waals surface area contributed by atoms with E-state index in [9.17, 15) is 0 Å². The van der Waals surface area contributed by atoms with Crippen LogP contribution in [0.25, 0.3) is 54.9 Å². The third-order valence-corrected chi connectivity index (χ3v) is 9.86. The Morgan fingerprint density at radius 2 is 0.688 bits per heavy atom. The Hall–Kier alpha value is -5.96. The number of benzene rings is 7. The molecule has 0 atom stereocenters. The molecule has 0 saturated carbocycles. The van der Waals surface area contributed by atoms with Crippen LogP contribution in [0.4, 0.5) is 16.4 Å². The van der Waals surface area contributed by atoms with Crippen molar-refractivity contribution in [1.82, 2.24) is 0 Å². The van der Waals surface area contributed by atoms with Crippen molar-refractivity contribution in [2.75, 3.05) is 4.90 Å². The number of anilines is 3. The smallest absolute Gasteiger partial charge is 0.101 e. The van der Waals surface area contributed by atoms with E-state index in [4.69, 9.17) is 0 Å². The molecule has 2 heteroatoms. The molecule has 48 heavy (non-hydrogen) atoms. The summed E-state index contributed by atoms with van der Waals surface area (Å²) in [6, 6.07) is 71.7. The van der Waals surface area contributed by atoms with E-state index in [0.717, 1.165) is 16.4 Å². The molecule has 0 aliphatic carbocycles. The van der Waals surface area contributed by atoms with E-state index in [1.807, 2.05) is 11.3 Å². The van der Waals surface area contributed by atoms with Crippen molar-refractivity contribution in [2.24, 2.45) is 0 Å². The first-order chi connectivity index (χ1) is 23.8. The lowest BCUT2D eigenvalue weighted by molar-refractivity contribution is 1.32. The molecule has 0 N–H and O–H groups in total. The fourth-order valence-corrected chi connectivity index (χ4v) is 7.37.